The molecule has 3 aromatic rings. The highest BCUT2D eigenvalue weighted by atomic mass is 16.2. The second-order valence-corrected chi connectivity index (χ2v) is 6.61. The smallest absolute Gasteiger partial charge is 0.256 e. The Morgan fingerprint density at radius 3 is 2.54 bits per heavy atom. The Morgan fingerprint density at radius 1 is 0.962 bits per heavy atom. The van der Waals surface area contributed by atoms with Crippen LogP contribution in [0.4, 0.5) is 11.4 Å². The molecule has 26 heavy (non-hydrogen) atoms. The number of hydrogen-bond donors (Lipinski definition) is 2. The van der Waals surface area contributed by atoms with E-state index in [-0.39, 0.29) is 11.5 Å². The molecule has 2 aromatic carbocycles. The molecule has 0 atom stereocenters. The van der Waals surface area contributed by atoms with Crippen molar-refractivity contribution in [3.05, 3.63) is 70.5 Å². The van der Waals surface area contributed by atoms with Crippen LogP contribution in [0, 0.1) is 0 Å². The van der Waals surface area contributed by atoms with Gasteiger partial charge < -0.3 is 15.2 Å². The van der Waals surface area contributed by atoms with E-state index in [9.17, 15) is 9.59 Å². The highest BCUT2D eigenvalue weighted by Gasteiger charge is 2.17. The van der Waals surface area contributed by atoms with E-state index in [1.54, 1.807) is 6.07 Å². The number of pyridine rings is 1. The van der Waals surface area contributed by atoms with Crippen molar-refractivity contribution in [1.29, 1.82) is 0 Å². The number of carbonyl (C=O) groups excluding carboxylic acids is 1. The summed E-state index contributed by atoms with van der Waals surface area (Å²) in [5.41, 5.74) is 2.59. The summed E-state index contributed by atoms with van der Waals surface area (Å²) in [7, 11) is 0. The lowest BCUT2D eigenvalue weighted by Crippen LogP contribution is -2.30. The molecular weight excluding hydrogens is 326 g/mol. The molecule has 5 heteroatoms. The fourth-order valence-corrected chi connectivity index (χ4v) is 3.57. The van der Waals surface area contributed by atoms with E-state index < -0.39 is 0 Å². The molecule has 0 radical (unpaired) electrons. The summed E-state index contributed by atoms with van der Waals surface area (Å²) in [5, 5.41) is 3.75. The number of carbonyl (C=O) groups is 1. The van der Waals surface area contributed by atoms with Gasteiger partial charge in [0.05, 0.1) is 16.9 Å². The minimum absolute atomic E-state index is 0.267. The summed E-state index contributed by atoms with van der Waals surface area (Å²) < 4.78 is 0. The van der Waals surface area contributed by atoms with Gasteiger partial charge in [0, 0.05) is 30.1 Å². The number of anilines is 2. The van der Waals surface area contributed by atoms with E-state index >= 15 is 0 Å². The summed E-state index contributed by atoms with van der Waals surface area (Å²) >= 11 is 0. The molecule has 0 spiro atoms. The molecule has 5 nitrogen and oxygen atoms in total. The van der Waals surface area contributed by atoms with Crippen molar-refractivity contribution in [2.75, 3.05) is 23.3 Å². The van der Waals surface area contributed by atoms with Crippen LogP contribution in [0.2, 0.25) is 0 Å². The van der Waals surface area contributed by atoms with Crippen molar-refractivity contribution in [1.82, 2.24) is 4.98 Å². The lowest BCUT2D eigenvalue weighted by molar-refractivity contribution is 0.102. The lowest BCUT2D eigenvalue weighted by Gasteiger charge is -2.30. The van der Waals surface area contributed by atoms with Crippen LogP contribution in [-0.2, 0) is 0 Å². The first-order chi connectivity index (χ1) is 12.7. The molecule has 1 fully saturated rings. The van der Waals surface area contributed by atoms with Gasteiger partial charge in [0.15, 0.2) is 0 Å². The third kappa shape index (κ3) is 3.20. The molecule has 132 valence electrons. The summed E-state index contributed by atoms with van der Waals surface area (Å²) in [6.07, 6.45) is 3.59. The number of rotatable bonds is 3. The minimum Gasteiger partial charge on any atom is -0.370 e. The highest BCUT2D eigenvalue weighted by molar-refractivity contribution is 6.13. The zero-order valence-corrected chi connectivity index (χ0v) is 14.5. The van der Waals surface area contributed by atoms with Crippen LogP contribution in [0.5, 0.6) is 0 Å². The fraction of sp³-hybridized carbons (Fsp3) is 0.238. The maximum absolute atomic E-state index is 12.9. The summed E-state index contributed by atoms with van der Waals surface area (Å²) in [4.78, 5) is 29.9. The number of aromatic amines is 1. The third-order valence-corrected chi connectivity index (χ3v) is 4.84. The fourth-order valence-electron chi connectivity index (χ4n) is 3.57. The van der Waals surface area contributed by atoms with Crippen molar-refractivity contribution < 1.29 is 4.79 Å². The first-order valence-corrected chi connectivity index (χ1v) is 9.00. The van der Waals surface area contributed by atoms with Gasteiger partial charge in [-0.15, -0.1) is 0 Å². The monoisotopic (exact) mass is 347 g/mol. The molecule has 1 amide bonds. The van der Waals surface area contributed by atoms with Crippen molar-refractivity contribution in [2.24, 2.45) is 0 Å². The number of nitrogens with one attached hydrogen (secondary N) is 2. The second-order valence-electron chi connectivity index (χ2n) is 6.61. The Labute approximate surface area is 151 Å². The first-order valence-electron chi connectivity index (χ1n) is 9.00. The average molecular weight is 347 g/mol. The number of hydrogen-bond acceptors (Lipinski definition) is 3. The topological polar surface area (TPSA) is 65.2 Å². The third-order valence-electron chi connectivity index (χ3n) is 4.84. The summed E-state index contributed by atoms with van der Waals surface area (Å²) in [6.45, 7) is 2.00. The largest absolute Gasteiger partial charge is 0.370 e. The van der Waals surface area contributed by atoms with Gasteiger partial charge in [-0.05, 0) is 37.5 Å². The van der Waals surface area contributed by atoms with Gasteiger partial charge in [-0.25, -0.2) is 0 Å². The van der Waals surface area contributed by atoms with E-state index in [1.165, 1.54) is 25.3 Å². The Bertz CT molecular complexity index is 1000. The first kappa shape index (κ1) is 16.4. The van der Waals surface area contributed by atoms with Gasteiger partial charge in [-0.3, -0.25) is 9.59 Å². The maximum atomic E-state index is 12.9. The minimum atomic E-state index is -0.279. The number of aromatic nitrogens is 1. The molecular formula is C21H21N3O2. The van der Waals surface area contributed by atoms with Crippen LogP contribution in [0.15, 0.2) is 59.4 Å². The molecule has 2 heterocycles. The summed E-state index contributed by atoms with van der Waals surface area (Å²) in [6, 6.07) is 16.6. The normalized spacial score (nSPS) is 14.4. The van der Waals surface area contributed by atoms with E-state index in [4.69, 9.17) is 0 Å². The van der Waals surface area contributed by atoms with Crippen LogP contribution in [-0.4, -0.2) is 24.0 Å². The SMILES string of the molecule is O=C(Nc1ccccc1N1CCCCC1)c1cc(=O)[nH]c2ccccc12. The Kier molecular flexibility index (Phi) is 4.44. The predicted molar refractivity (Wildman–Crippen MR) is 105 cm³/mol. The van der Waals surface area contributed by atoms with Crippen LogP contribution in [0.1, 0.15) is 29.6 Å². The van der Waals surface area contributed by atoms with Gasteiger partial charge in [0.2, 0.25) is 5.56 Å². The maximum Gasteiger partial charge on any atom is 0.256 e. The summed E-state index contributed by atoms with van der Waals surface area (Å²) in [5.74, 6) is -0.267. The molecule has 1 aliphatic heterocycles. The molecule has 0 unspecified atom stereocenters. The standard InChI is InChI=1S/C21H21N3O2/c25-20-14-16(15-8-2-3-9-17(15)22-20)21(26)23-18-10-4-5-11-19(18)24-12-6-1-7-13-24/h2-5,8-11,14H,1,6-7,12-13H2,(H,22,25)(H,23,26). The van der Waals surface area contributed by atoms with Crippen LogP contribution >= 0.6 is 0 Å². The molecule has 1 aromatic heterocycles. The lowest BCUT2D eigenvalue weighted by atomic mass is 10.1. The van der Waals surface area contributed by atoms with Gasteiger partial charge in [-0.1, -0.05) is 30.3 Å². The molecule has 2 N–H and O–H groups in total. The van der Waals surface area contributed by atoms with Crippen molar-refractivity contribution in [2.45, 2.75) is 19.3 Å². The van der Waals surface area contributed by atoms with Crippen molar-refractivity contribution in [3.8, 4) is 0 Å². The van der Waals surface area contributed by atoms with Crippen molar-refractivity contribution in [3.63, 3.8) is 0 Å². The number of H-pyrrole nitrogens is 1. The molecule has 0 bridgehead atoms. The van der Waals surface area contributed by atoms with E-state index in [1.807, 2.05) is 42.5 Å². The van der Waals surface area contributed by atoms with Crippen LogP contribution in [0.25, 0.3) is 10.9 Å². The zero-order valence-electron chi connectivity index (χ0n) is 14.5. The van der Waals surface area contributed by atoms with Crippen LogP contribution in [0.3, 0.4) is 0 Å². The van der Waals surface area contributed by atoms with E-state index in [0.29, 0.717) is 11.1 Å². The molecule has 0 aliphatic carbocycles. The Balaban J connectivity index is 1.69. The molecule has 0 saturated carbocycles. The van der Waals surface area contributed by atoms with E-state index in [2.05, 4.69) is 15.2 Å². The van der Waals surface area contributed by atoms with Crippen LogP contribution < -0.4 is 15.8 Å². The van der Waals surface area contributed by atoms with Gasteiger partial charge in [-0.2, -0.15) is 0 Å². The number of benzene rings is 2. The highest BCUT2D eigenvalue weighted by Crippen LogP contribution is 2.29. The number of para-hydroxylation sites is 3. The predicted octanol–water partition coefficient (Wildman–Crippen LogP) is 3.77. The molecule has 1 saturated heterocycles. The number of amides is 1. The average Bonchev–Trinajstić information content (AvgIpc) is 2.68. The molecule has 4 rings (SSSR count). The molecule has 1 aliphatic rings. The quantitative estimate of drug-likeness (QED) is 0.758. The van der Waals surface area contributed by atoms with Crippen molar-refractivity contribution >= 4 is 28.2 Å². The Hall–Kier alpha value is -3.08. The Morgan fingerprint density at radius 2 is 1.69 bits per heavy atom. The number of piperidine rings is 1. The number of nitrogens with zero attached hydrogens (tertiary/aromatic N) is 1. The zero-order chi connectivity index (χ0) is 17.9. The van der Waals surface area contributed by atoms with Gasteiger partial charge >= 0.3 is 0 Å². The van der Waals surface area contributed by atoms with Gasteiger partial charge in [0.1, 0.15) is 0 Å². The second kappa shape index (κ2) is 7.04. The van der Waals surface area contributed by atoms with Gasteiger partial charge in [0.25, 0.3) is 5.91 Å². The van der Waals surface area contributed by atoms with E-state index in [0.717, 1.165) is 29.9 Å². The number of fused-ring (bicyclic) bond motifs is 1.